The Bertz CT molecular complexity index is 888. The number of fused-ring (bicyclic) bond motifs is 1. The first-order chi connectivity index (χ1) is 11.0. The van der Waals surface area contributed by atoms with Crippen LogP contribution in [0.25, 0.3) is 11.1 Å². The van der Waals surface area contributed by atoms with E-state index in [0.29, 0.717) is 29.0 Å². The maximum atomic E-state index is 12.5. The number of nitrogens with one attached hydrogen (secondary N) is 1. The smallest absolute Gasteiger partial charge is 0.268 e. The van der Waals surface area contributed by atoms with Gasteiger partial charge < -0.3 is 14.3 Å². The van der Waals surface area contributed by atoms with Crippen molar-refractivity contribution < 1.29 is 9.21 Å². The average Bonchev–Trinajstić information content (AvgIpc) is 3.11. The average molecular weight is 377 g/mol. The van der Waals surface area contributed by atoms with Gasteiger partial charge in [-0.2, -0.15) is 5.10 Å². The van der Waals surface area contributed by atoms with Crippen LogP contribution in [0.1, 0.15) is 21.9 Å². The van der Waals surface area contributed by atoms with Gasteiger partial charge in [0, 0.05) is 25.7 Å². The van der Waals surface area contributed by atoms with Crippen LogP contribution in [0, 0.1) is 6.92 Å². The van der Waals surface area contributed by atoms with Gasteiger partial charge in [0.2, 0.25) is 0 Å². The molecule has 1 N–H and O–H groups in total. The fourth-order valence-electron chi connectivity index (χ4n) is 2.62. The molecule has 0 aliphatic heterocycles. The second kappa shape index (κ2) is 6.08. The summed E-state index contributed by atoms with van der Waals surface area (Å²) in [6.45, 7) is 6.62. The first kappa shape index (κ1) is 15.6. The highest BCUT2D eigenvalue weighted by molar-refractivity contribution is 9.10. The molecule has 23 heavy (non-hydrogen) atoms. The number of aryl methyl sites for hydroxylation is 2. The molecule has 120 valence electrons. The number of furan rings is 1. The third-order valence-corrected chi connectivity index (χ3v) is 4.02. The minimum Gasteiger partial charge on any atom is -0.448 e. The topological polar surface area (TPSA) is 65.0 Å². The molecule has 1 amide bonds. The van der Waals surface area contributed by atoms with E-state index in [0.717, 1.165) is 16.9 Å². The van der Waals surface area contributed by atoms with Gasteiger partial charge >= 0.3 is 0 Å². The summed E-state index contributed by atoms with van der Waals surface area (Å²) < 4.78 is 9.82. The van der Waals surface area contributed by atoms with E-state index in [9.17, 15) is 4.79 Å². The Morgan fingerprint density at radius 1 is 1.48 bits per heavy atom. The lowest BCUT2D eigenvalue weighted by Crippen LogP contribution is -2.26. The Labute approximate surface area is 141 Å². The summed E-state index contributed by atoms with van der Waals surface area (Å²) in [5.74, 6) is -0.159. The quantitative estimate of drug-likeness (QED) is 0.695. The van der Waals surface area contributed by atoms with E-state index >= 15 is 0 Å². The Kier molecular flexibility index (Phi) is 4.12. The molecule has 0 bridgehead atoms. The molecule has 3 heterocycles. The van der Waals surface area contributed by atoms with Crippen LogP contribution in [-0.4, -0.2) is 20.3 Å². The van der Waals surface area contributed by atoms with Gasteiger partial charge in [-0.3, -0.25) is 9.48 Å². The number of allylic oxidation sites excluding steroid dienone is 1. The van der Waals surface area contributed by atoms with Crippen LogP contribution in [0.15, 0.2) is 39.9 Å². The third kappa shape index (κ3) is 2.96. The highest BCUT2D eigenvalue weighted by atomic mass is 79.9. The van der Waals surface area contributed by atoms with E-state index in [1.165, 1.54) is 0 Å². The summed E-state index contributed by atoms with van der Waals surface area (Å²) in [5, 5.41) is 7.20. The first-order valence-corrected chi connectivity index (χ1v) is 7.96. The second-order valence-electron chi connectivity index (χ2n) is 5.31. The van der Waals surface area contributed by atoms with Crippen LogP contribution < -0.4 is 5.32 Å². The van der Waals surface area contributed by atoms with Gasteiger partial charge in [0.05, 0.1) is 23.4 Å². The van der Waals surface area contributed by atoms with Crippen molar-refractivity contribution in [2.45, 2.75) is 20.0 Å². The lowest BCUT2D eigenvalue weighted by Gasteiger charge is -2.08. The lowest BCUT2D eigenvalue weighted by molar-refractivity contribution is 0.0941. The number of amides is 1. The molecule has 3 rings (SSSR count). The molecule has 0 fully saturated rings. The van der Waals surface area contributed by atoms with Crippen molar-refractivity contribution in [1.29, 1.82) is 0 Å². The number of rotatable bonds is 5. The van der Waals surface area contributed by atoms with E-state index in [2.05, 4.69) is 32.9 Å². The molecule has 0 aliphatic carbocycles. The van der Waals surface area contributed by atoms with Crippen LogP contribution in [0.3, 0.4) is 0 Å². The highest BCUT2D eigenvalue weighted by Crippen LogP contribution is 2.27. The maximum absolute atomic E-state index is 12.5. The molecule has 0 unspecified atom stereocenters. The zero-order valence-corrected chi connectivity index (χ0v) is 14.6. The van der Waals surface area contributed by atoms with Crippen LogP contribution >= 0.6 is 15.9 Å². The van der Waals surface area contributed by atoms with E-state index < -0.39 is 0 Å². The van der Waals surface area contributed by atoms with E-state index in [1.54, 1.807) is 16.8 Å². The predicted molar refractivity (Wildman–Crippen MR) is 91.2 cm³/mol. The predicted octanol–water partition coefficient (Wildman–Crippen LogP) is 3.15. The standard InChI is InChI=1S/C16H17BrN4O2/c1-4-5-21-12-8-15(17)23-14(12)7-13(21)16(22)18-9-11-6-10(2)19-20(11)3/h4,6-8H,1,5,9H2,2-3H3,(H,18,22). The van der Waals surface area contributed by atoms with Gasteiger partial charge in [0.15, 0.2) is 10.3 Å². The molecule has 0 saturated heterocycles. The fraction of sp³-hybridized carbons (Fsp3) is 0.250. The Morgan fingerprint density at radius 2 is 2.26 bits per heavy atom. The summed E-state index contributed by atoms with van der Waals surface area (Å²) in [4.78, 5) is 12.5. The minimum atomic E-state index is -0.159. The summed E-state index contributed by atoms with van der Waals surface area (Å²) in [6, 6.07) is 5.54. The maximum Gasteiger partial charge on any atom is 0.268 e. The number of carbonyl (C=O) groups is 1. The number of aromatic nitrogens is 3. The molecular formula is C16H17BrN4O2. The zero-order chi connectivity index (χ0) is 16.6. The van der Waals surface area contributed by atoms with Crippen molar-refractivity contribution in [2.75, 3.05) is 0 Å². The minimum absolute atomic E-state index is 0.159. The SMILES string of the molecule is C=CCn1c(C(=O)NCc2cc(C)nn2C)cc2oc(Br)cc21. The van der Waals surface area contributed by atoms with Crippen LogP contribution in [0.2, 0.25) is 0 Å². The largest absolute Gasteiger partial charge is 0.448 e. The monoisotopic (exact) mass is 376 g/mol. The van der Waals surface area contributed by atoms with Gasteiger partial charge in [-0.25, -0.2) is 0 Å². The van der Waals surface area contributed by atoms with Crippen molar-refractivity contribution >= 4 is 32.9 Å². The summed E-state index contributed by atoms with van der Waals surface area (Å²) >= 11 is 3.31. The summed E-state index contributed by atoms with van der Waals surface area (Å²) in [5.41, 5.74) is 3.95. The molecule has 6 nitrogen and oxygen atoms in total. The molecule has 0 spiro atoms. The van der Waals surface area contributed by atoms with Gasteiger partial charge in [-0.15, -0.1) is 6.58 Å². The Balaban J connectivity index is 1.85. The van der Waals surface area contributed by atoms with Crippen LogP contribution in [-0.2, 0) is 20.1 Å². The number of carbonyl (C=O) groups excluding carboxylic acids is 1. The van der Waals surface area contributed by atoms with Crippen molar-refractivity contribution in [3.05, 3.63) is 52.6 Å². The van der Waals surface area contributed by atoms with Gasteiger partial charge in [0.25, 0.3) is 5.91 Å². The van der Waals surface area contributed by atoms with E-state index in [-0.39, 0.29) is 5.91 Å². The van der Waals surface area contributed by atoms with Crippen molar-refractivity contribution in [1.82, 2.24) is 19.7 Å². The summed E-state index contributed by atoms with van der Waals surface area (Å²) in [6.07, 6.45) is 1.75. The molecule has 0 aromatic carbocycles. The van der Waals surface area contributed by atoms with Crippen molar-refractivity contribution in [3.8, 4) is 0 Å². The summed E-state index contributed by atoms with van der Waals surface area (Å²) in [7, 11) is 1.86. The van der Waals surface area contributed by atoms with Crippen molar-refractivity contribution in [3.63, 3.8) is 0 Å². The Morgan fingerprint density at radius 3 is 2.91 bits per heavy atom. The third-order valence-electron chi connectivity index (χ3n) is 3.63. The van der Waals surface area contributed by atoms with E-state index in [4.69, 9.17) is 4.42 Å². The normalized spacial score (nSPS) is 11.1. The molecular weight excluding hydrogens is 360 g/mol. The second-order valence-corrected chi connectivity index (χ2v) is 6.09. The number of halogens is 1. The molecule has 3 aromatic rings. The lowest BCUT2D eigenvalue weighted by atomic mass is 10.3. The van der Waals surface area contributed by atoms with Gasteiger partial charge in [0.1, 0.15) is 5.69 Å². The number of hydrogen-bond donors (Lipinski definition) is 1. The molecule has 0 saturated carbocycles. The molecule has 0 atom stereocenters. The number of hydrogen-bond acceptors (Lipinski definition) is 3. The van der Waals surface area contributed by atoms with Gasteiger partial charge in [-0.1, -0.05) is 6.08 Å². The molecule has 7 heteroatoms. The molecule has 3 aromatic heterocycles. The molecule has 0 radical (unpaired) electrons. The zero-order valence-electron chi connectivity index (χ0n) is 13.0. The molecule has 0 aliphatic rings. The van der Waals surface area contributed by atoms with E-state index in [1.807, 2.05) is 30.7 Å². The Hall–Kier alpha value is -2.28. The van der Waals surface area contributed by atoms with Crippen LogP contribution in [0.4, 0.5) is 0 Å². The van der Waals surface area contributed by atoms with Gasteiger partial charge in [-0.05, 0) is 28.9 Å². The number of nitrogens with zero attached hydrogens (tertiary/aromatic N) is 3. The fourth-order valence-corrected chi connectivity index (χ4v) is 3.01. The van der Waals surface area contributed by atoms with Crippen LogP contribution in [0.5, 0.6) is 0 Å². The first-order valence-electron chi connectivity index (χ1n) is 7.16. The van der Waals surface area contributed by atoms with Crippen molar-refractivity contribution in [2.24, 2.45) is 7.05 Å². The highest BCUT2D eigenvalue weighted by Gasteiger charge is 2.18.